The van der Waals surface area contributed by atoms with Gasteiger partial charge in [-0.2, -0.15) is 0 Å². The van der Waals surface area contributed by atoms with Crippen LogP contribution in [0, 0.1) is 0 Å². The molecule has 0 N–H and O–H groups in total. The van der Waals surface area contributed by atoms with Crippen molar-refractivity contribution in [2.75, 3.05) is 13.6 Å². The Morgan fingerprint density at radius 1 is 1.60 bits per heavy atom. The molecule has 0 saturated heterocycles. The van der Waals surface area contributed by atoms with Gasteiger partial charge in [-0.3, -0.25) is 4.79 Å². The van der Waals surface area contributed by atoms with Crippen molar-refractivity contribution in [2.45, 2.75) is 19.8 Å². The first-order chi connectivity index (χ1) is 7.15. The number of nitrogens with zero attached hydrogens (tertiary/aromatic N) is 2. The quantitative estimate of drug-likeness (QED) is 0.740. The molecular formula is C11H15ClN2O. The summed E-state index contributed by atoms with van der Waals surface area (Å²) >= 11 is 5.72. The highest BCUT2D eigenvalue weighted by atomic mass is 35.5. The molecule has 0 aliphatic rings. The Kier molecular flexibility index (Phi) is 4.56. The lowest BCUT2D eigenvalue weighted by molar-refractivity contribution is 0.0793. The summed E-state index contributed by atoms with van der Waals surface area (Å²) in [7, 11) is 1.80. The van der Waals surface area contributed by atoms with Crippen LogP contribution < -0.4 is 0 Å². The van der Waals surface area contributed by atoms with Crippen molar-refractivity contribution in [3.63, 3.8) is 0 Å². The summed E-state index contributed by atoms with van der Waals surface area (Å²) in [5.74, 6) is -0.00671. The fraction of sp³-hybridized carbons (Fsp3) is 0.455. The van der Waals surface area contributed by atoms with Gasteiger partial charge in [0.05, 0.1) is 0 Å². The average Bonchev–Trinajstić information content (AvgIpc) is 2.24. The number of pyridine rings is 1. The summed E-state index contributed by atoms with van der Waals surface area (Å²) in [5.41, 5.74) is 0.591. The minimum atomic E-state index is -0.00671. The number of halogens is 1. The highest BCUT2D eigenvalue weighted by Crippen LogP contribution is 2.09. The molecule has 0 unspecified atom stereocenters. The number of amides is 1. The lowest BCUT2D eigenvalue weighted by Gasteiger charge is -2.16. The number of carbonyl (C=O) groups is 1. The van der Waals surface area contributed by atoms with Gasteiger partial charge in [0.2, 0.25) is 0 Å². The molecule has 1 rings (SSSR count). The van der Waals surface area contributed by atoms with Gasteiger partial charge in [0.25, 0.3) is 5.91 Å². The van der Waals surface area contributed by atoms with Gasteiger partial charge in [0.1, 0.15) is 5.15 Å². The number of aromatic nitrogens is 1. The highest BCUT2D eigenvalue weighted by molar-refractivity contribution is 6.29. The van der Waals surface area contributed by atoms with Crippen LogP contribution in [0.25, 0.3) is 0 Å². The van der Waals surface area contributed by atoms with Crippen LogP contribution >= 0.6 is 11.6 Å². The van der Waals surface area contributed by atoms with Gasteiger partial charge < -0.3 is 4.90 Å². The molecule has 1 heterocycles. The SMILES string of the molecule is CCCCN(C)C(=O)c1ccnc(Cl)c1. The molecule has 82 valence electrons. The maximum atomic E-state index is 11.8. The average molecular weight is 227 g/mol. The van der Waals surface area contributed by atoms with Crippen molar-refractivity contribution in [1.29, 1.82) is 0 Å². The van der Waals surface area contributed by atoms with Crippen molar-refractivity contribution in [2.24, 2.45) is 0 Å². The molecule has 15 heavy (non-hydrogen) atoms. The summed E-state index contributed by atoms with van der Waals surface area (Å²) in [6, 6.07) is 3.27. The maximum absolute atomic E-state index is 11.8. The number of carbonyl (C=O) groups excluding carboxylic acids is 1. The highest BCUT2D eigenvalue weighted by Gasteiger charge is 2.11. The van der Waals surface area contributed by atoms with Crippen LogP contribution in [0.5, 0.6) is 0 Å². The predicted octanol–water partition coefficient (Wildman–Crippen LogP) is 2.61. The zero-order valence-corrected chi connectivity index (χ0v) is 9.79. The molecular weight excluding hydrogens is 212 g/mol. The van der Waals surface area contributed by atoms with E-state index in [1.807, 2.05) is 0 Å². The topological polar surface area (TPSA) is 33.2 Å². The molecule has 0 bridgehead atoms. The molecule has 1 aromatic heterocycles. The Bertz CT molecular complexity index is 341. The third kappa shape index (κ3) is 3.51. The van der Waals surface area contributed by atoms with Crippen LogP contribution in [0.1, 0.15) is 30.1 Å². The smallest absolute Gasteiger partial charge is 0.253 e. The summed E-state index contributed by atoms with van der Waals surface area (Å²) in [5, 5.41) is 0.352. The molecule has 4 heteroatoms. The van der Waals surface area contributed by atoms with Crippen molar-refractivity contribution in [3.8, 4) is 0 Å². The van der Waals surface area contributed by atoms with Crippen molar-refractivity contribution in [1.82, 2.24) is 9.88 Å². The normalized spacial score (nSPS) is 10.1. The van der Waals surface area contributed by atoms with Crippen LogP contribution in [0.4, 0.5) is 0 Å². The molecule has 0 spiro atoms. The first kappa shape index (κ1) is 12.0. The Hall–Kier alpha value is -1.09. The first-order valence-electron chi connectivity index (χ1n) is 5.02. The van der Waals surface area contributed by atoms with E-state index >= 15 is 0 Å². The lowest BCUT2D eigenvalue weighted by Crippen LogP contribution is -2.27. The third-order valence-electron chi connectivity index (χ3n) is 2.17. The molecule has 0 atom stereocenters. The van der Waals surface area contributed by atoms with E-state index < -0.39 is 0 Å². The van der Waals surface area contributed by atoms with Crippen LogP contribution in [0.2, 0.25) is 5.15 Å². The van der Waals surface area contributed by atoms with Crippen LogP contribution in [-0.4, -0.2) is 29.4 Å². The molecule has 1 amide bonds. The van der Waals surface area contributed by atoms with Crippen LogP contribution in [0.15, 0.2) is 18.3 Å². The van der Waals surface area contributed by atoms with Gasteiger partial charge in [-0.05, 0) is 18.6 Å². The van der Waals surface area contributed by atoms with E-state index in [0.717, 1.165) is 19.4 Å². The van der Waals surface area contributed by atoms with E-state index in [2.05, 4.69) is 11.9 Å². The second kappa shape index (κ2) is 5.71. The Labute approximate surface area is 95.1 Å². The molecule has 0 saturated carbocycles. The van der Waals surface area contributed by atoms with E-state index in [9.17, 15) is 4.79 Å². The van der Waals surface area contributed by atoms with Gasteiger partial charge >= 0.3 is 0 Å². The zero-order valence-electron chi connectivity index (χ0n) is 9.03. The summed E-state index contributed by atoms with van der Waals surface area (Å²) in [6.45, 7) is 2.87. The number of hydrogen-bond acceptors (Lipinski definition) is 2. The minimum Gasteiger partial charge on any atom is -0.342 e. The van der Waals surface area contributed by atoms with E-state index in [1.54, 1.807) is 30.3 Å². The summed E-state index contributed by atoms with van der Waals surface area (Å²) in [4.78, 5) is 17.4. The standard InChI is InChI=1S/C11H15ClN2O/c1-3-4-7-14(2)11(15)9-5-6-13-10(12)8-9/h5-6,8H,3-4,7H2,1-2H3. The fourth-order valence-electron chi connectivity index (χ4n) is 1.25. The molecule has 0 fully saturated rings. The van der Waals surface area contributed by atoms with Gasteiger partial charge in [0.15, 0.2) is 0 Å². The van der Waals surface area contributed by atoms with E-state index in [0.29, 0.717) is 10.7 Å². The lowest BCUT2D eigenvalue weighted by atomic mass is 10.2. The van der Waals surface area contributed by atoms with Crippen LogP contribution in [0.3, 0.4) is 0 Å². The molecule has 0 radical (unpaired) electrons. The monoisotopic (exact) mass is 226 g/mol. The largest absolute Gasteiger partial charge is 0.342 e. The molecule has 1 aromatic rings. The summed E-state index contributed by atoms with van der Waals surface area (Å²) in [6.07, 6.45) is 3.64. The van der Waals surface area contributed by atoms with E-state index in [1.165, 1.54) is 0 Å². The molecule has 0 aliphatic carbocycles. The van der Waals surface area contributed by atoms with Crippen molar-refractivity contribution in [3.05, 3.63) is 29.0 Å². The predicted molar refractivity (Wildman–Crippen MR) is 61.1 cm³/mol. The Balaban J connectivity index is 2.67. The maximum Gasteiger partial charge on any atom is 0.253 e. The second-order valence-corrected chi connectivity index (χ2v) is 3.83. The van der Waals surface area contributed by atoms with Gasteiger partial charge in [-0.1, -0.05) is 24.9 Å². The van der Waals surface area contributed by atoms with Crippen LogP contribution in [-0.2, 0) is 0 Å². The molecule has 3 nitrogen and oxygen atoms in total. The summed E-state index contributed by atoms with van der Waals surface area (Å²) < 4.78 is 0. The number of rotatable bonds is 4. The fourth-order valence-corrected chi connectivity index (χ4v) is 1.43. The van der Waals surface area contributed by atoms with Gasteiger partial charge in [-0.15, -0.1) is 0 Å². The second-order valence-electron chi connectivity index (χ2n) is 3.45. The Morgan fingerprint density at radius 3 is 2.93 bits per heavy atom. The first-order valence-corrected chi connectivity index (χ1v) is 5.40. The minimum absolute atomic E-state index is 0.00671. The Morgan fingerprint density at radius 2 is 2.33 bits per heavy atom. The number of unbranched alkanes of at least 4 members (excludes halogenated alkanes) is 1. The van der Waals surface area contributed by atoms with E-state index in [4.69, 9.17) is 11.6 Å². The van der Waals surface area contributed by atoms with Gasteiger partial charge in [0, 0.05) is 25.4 Å². The van der Waals surface area contributed by atoms with Crippen molar-refractivity contribution >= 4 is 17.5 Å². The van der Waals surface area contributed by atoms with Gasteiger partial charge in [-0.25, -0.2) is 4.98 Å². The molecule has 0 aliphatic heterocycles. The van der Waals surface area contributed by atoms with Crippen molar-refractivity contribution < 1.29 is 4.79 Å². The zero-order chi connectivity index (χ0) is 11.3. The third-order valence-corrected chi connectivity index (χ3v) is 2.37. The van der Waals surface area contributed by atoms with E-state index in [-0.39, 0.29) is 5.91 Å². The molecule has 0 aromatic carbocycles. The number of hydrogen-bond donors (Lipinski definition) is 0.